The zero-order chi connectivity index (χ0) is 13.7. The van der Waals surface area contributed by atoms with Gasteiger partial charge in [-0.15, -0.1) is 0 Å². The van der Waals surface area contributed by atoms with Crippen molar-refractivity contribution in [3.05, 3.63) is 52.6 Å². The Hall–Kier alpha value is -1.69. The Morgan fingerprint density at radius 2 is 2.00 bits per heavy atom. The largest absolute Gasteiger partial charge is 0.434 e. The van der Waals surface area contributed by atoms with Gasteiger partial charge in [0.25, 0.3) is 0 Å². The van der Waals surface area contributed by atoms with Crippen molar-refractivity contribution in [2.45, 2.75) is 13.2 Å². The van der Waals surface area contributed by atoms with Crippen molar-refractivity contribution >= 4 is 21.7 Å². The smallest absolute Gasteiger partial charge is 0.387 e. The maximum absolute atomic E-state index is 12.2. The third-order valence-electron chi connectivity index (χ3n) is 2.38. The molecule has 0 aliphatic heterocycles. The van der Waals surface area contributed by atoms with Crippen molar-refractivity contribution in [3.63, 3.8) is 0 Å². The number of aromatic nitrogens is 1. The second-order valence-electron chi connectivity index (χ2n) is 3.70. The van der Waals surface area contributed by atoms with E-state index in [1.807, 2.05) is 6.07 Å². The Balaban J connectivity index is 2.04. The van der Waals surface area contributed by atoms with Crippen LogP contribution in [0.25, 0.3) is 0 Å². The second kappa shape index (κ2) is 6.47. The standard InChI is InChI=1S/C13H11BrF2N2O/c14-10-5-6-12(18-8-10)17-7-9-3-1-2-4-11(9)19-13(15)16/h1-6,8,13H,7H2,(H,17,18). The summed E-state index contributed by atoms with van der Waals surface area (Å²) < 4.78 is 29.8. The molecule has 2 rings (SSSR count). The first-order chi connectivity index (χ1) is 9.15. The van der Waals surface area contributed by atoms with Gasteiger partial charge in [-0.2, -0.15) is 8.78 Å². The van der Waals surface area contributed by atoms with Gasteiger partial charge < -0.3 is 10.1 Å². The normalized spacial score (nSPS) is 10.5. The summed E-state index contributed by atoms with van der Waals surface area (Å²) in [6.45, 7) is -2.47. The second-order valence-corrected chi connectivity index (χ2v) is 4.62. The van der Waals surface area contributed by atoms with Crippen LogP contribution in [0.3, 0.4) is 0 Å². The molecule has 19 heavy (non-hydrogen) atoms. The third-order valence-corrected chi connectivity index (χ3v) is 2.85. The minimum absolute atomic E-state index is 0.169. The molecule has 0 saturated heterocycles. The molecule has 1 aromatic heterocycles. The molecule has 0 fully saturated rings. The Kier molecular flexibility index (Phi) is 4.68. The average Bonchev–Trinajstić information content (AvgIpc) is 2.39. The molecule has 0 aliphatic rings. The zero-order valence-electron chi connectivity index (χ0n) is 9.82. The summed E-state index contributed by atoms with van der Waals surface area (Å²) in [4.78, 5) is 4.14. The van der Waals surface area contributed by atoms with Gasteiger partial charge in [0.2, 0.25) is 0 Å². The molecule has 0 bridgehead atoms. The van der Waals surface area contributed by atoms with Gasteiger partial charge in [-0.05, 0) is 34.1 Å². The van der Waals surface area contributed by atoms with Gasteiger partial charge in [-0.1, -0.05) is 18.2 Å². The average molecular weight is 329 g/mol. The van der Waals surface area contributed by atoms with E-state index in [9.17, 15) is 8.78 Å². The number of alkyl halides is 2. The highest BCUT2D eigenvalue weighted by Gasteiger charge is 2.08. The van der Waals surface area contributed by atoms with Crippen molar-refractivity contribution < 1.29 is 13.5 Å². The van der Waals surface area contributed by atoms with Crippen molar-refractivity contribution in [1.82, 2.24) is 4.98 Å². The molecule has 3 nitrogen and oxygen atoms in total. The van der Waals surface area contributed by atoms with Crippen molar-refractivity contribution in [2.24, 2.45) is 0 Å². The lowest BCUT2D eigenvalue weighted by atomic mass is 10.2. The van der Waals surface area contributed by atoms with Crippen LogP contribution < -0.4 is 10.1 Å². The lowest BCUT2D eigenvalue weighted by molar-refractivity contribution is -0.0504. The number of para-hydroxylation sites is 1. The van der Waals surface area contributed by atoms with Crippen LogP contribution in [0.1, 0.15) is 5.56 Å². The molecule has 0 unspecified atom stereocenters. The van der Waals surface area contributed by atoms with Crippen LogP contribution in [-0.4, -0.2) is 11.6 Å². The monoisotopic (exact) mass is 328 g/mol. The van der Waals surface area contributed by atoms with E-state index in [2.05, 4.69) is 31.0 Å². The molecule has 100 valence electrons. The SMILES string of the molecule is FC(F)Oc1ccccc1CNc1ccc(Br)cn1. The maximum atomic E-state index is 12.2. The fraction of sp³-hybridized carbons (Fsp3) is 0.154. The highest BCUT2D eigenvalue weighted by molar-refractivity contribution is 9.10. The van der Waals surface area contributed by atoms with Crippen LogP contribution in [0.5, 0.6) is 5.75 Å². The summed E-state index contributed by atoms with van der Waals surface area (Å²) >= 11 is 3.29. The Morgan fingerprint density at radius 3 is 2.68 bits per heavy atom. The fourth-order valence-electron chi connectivity index (χ4n) is 1.53. The van der Waals surface area contributed by atoms with Crippen molar-refractivity contribution in [1.29, 1.82) is 0 Å². The third kappa shape index (κ3) is 4.17. The lowest BCUT2D eigenvalue weighted by Gasteiger charge is -2.11. The summed E-state index contributed by atoms with van der Waals surface area (Å²) in [5.74, 6) is 0.831. The van der Waals surface area contributed by atoms with Crippen LogP contribution in [0.15, 0.2) is 47.1 Å². The Labute approximate surface area is 117 Å². The van der Waals surface area contributed by atoms with Crippen LogP contribution in [0, 0.1) is 0 Å². The number of pyridine rings is 1. The topological polar surface area (TPSA) is 34.1 Å². The number of nitrogens with one attached hydrogen (secondary N) is 1. The minimum atomic E-state index is -2.83. The van der Waals surface area contributed by atoms with Gasteiger partial charge in [-0.25, -0.2) is 4.98 Å². The molecular weight excluding hydrogens is 318 g/mol. The Morgan fingerprint density at radius 1 is 1.21 bits per heavy atom. The van der Waals surface area contributed by atoms with Gasteiger partial charge in [-0.3, -0.25) is 0 Å². The highest BCUT2D eigenvalue weighted by Crippen LogP contribution is 2.21. The number of halogens is 3. The number of hydrogen-bond donors (Lipinski definition) is 1. The van der Waals surface area contributed by atoms with Crippen LogP contribution in [0.2, 0.25) is 0 Å². The molecule has 1 N–H and O–H groups in total. The molecule has 0 amide bonds. The van der Waals surface area contributed by atoms with Gasteiger partial charge in [0.15, 0.2) is 0 Å². The number of anilines is 1. The molecule has 0 radical (unpaired) electrons. The molecule has 6 heteroatoms. The van der Waals surface area contributed by atoms with E-state index in [0.717, 1.165) is 4.47 Å². The van der Waals surface area contributed by atoms with Gasteiger partial charge in [0, 0.05) is 22.8 Å². The van der Waals surface area contributed by atoms with Gasteiger partial charge >= 0.3 is 6.61 Å². The molecule has 2 aromatic rings. The molecule has 0 atom stereocenters. The van der Waals surface area contributed by atoms with Crippen molar-refractivity contribution in [2.75, 3.05) is 5.32 Å². The van der Waals surface area contributed by atoms with Crippen LogP contribution in [0.4, 0.5) is 14.6 Å². The van der Waals surface area contributed by atoms with Gasteiger partial charge in [0.1, 0.15) is 11.6 Å². The molecule has 0 saturated carbocycles. The summed E-state index contributed by atoms with van der Waals surface area (Å²) in [5.41, 5.74) is 0.646. The van der Waals surface area contributed by atoms with E-state index < -0.39 is 6.61 Å². The highest BCUT2D eigenvalue weighted by atomic mass is 79.9. The number of ether oxygens (including phenoxy) is 1. The van der Waals surface area contributed by atoms with E-state index in [-0.39, 0.29) is 5.75 Å². The predicted molar refractivity (Wildman–Crippen MR) is 72.3 cm³/mol. The van der Waals surface area contributed by atoms with Gasteiger partial charge in [0.05, 0.1) is 0 Å². The molecule has 1 heterocycles. The van der Waals surface area contributed by atoms with Crippen LogP contribution >= 0.6 is 15.9 Å². The first kappa shape index (κ1) is 13.7. The van der Waals surface area contributed by atoms with E-state index in [0.29, 0.717) is 17.9 Å². The quantitative estimate of drug-likeness (QED) is 0.898. The molecule has 0 aliphatic carbocycles. The molecular formula is C13H11BrF2N2O. The van der Waals surface area contributed by atoms with Crippen molar-refractivity contribution in [3.8, 4) is 5.75 Å². The maximum Gasteiger partial charge on any atom is 0.387 e. The first-order valence-corrected chi connectivity index (χ1v) is 6.32. The van der Waals surface area contributed by atoms with E-state index in [4.69, 9.17) is 0 Å². The zero-order valence-corrected chi connectivity index (χ0v) is 11.4. The number of nitrogens with zero attached hydrogens (tertiary/aromatic N) is 1. The number of benzene rings is 1. The molecule has 1 aromatic carbocycles. The summed E-state index contributed by atoms with van der Waals surface area (Å²) in [7, 11) is 0. The van der Waals surface area contributed by atoms with E-state index >= 15 is 0 Å². The predicted octanol–water partition coefficient (Wildman–Crippen LogP) is 4.06. The van der Waals surface area contributed by atoms with E-state index in [1.165, 1.54) is 6.07 Å². The Bertz CT molecular complexity index is 534. The number of rotatable bonds is 5. The summed E-state index contributed by atoms with van der Waals surface area (Å²) in [5, 5.41) is 3.04. The summed E-state index contributed by atoms with van der Waals surface area (Å²) in [6.07, 6.45) is 1.66. The molecule has 0 spiro atoms. The minimum Gasteiger partial charge on any atom is -0.434 e. The van der Waals surface area contributed by atoms with Crippen LogP contribution in [-0.2, 0) is 6.54 Å². The summed E-state index contributed by atoms with van der Waals surface area (Å²) in [6, 6.07) is 10.3. The first-order valence-electron chi connectivity index (χ1n) is 5.53. The lowest BCUT2D eigenvalue weighted by Crippen LogP contribution is -2.07. The van der Waals surface area contributed by atoms with E-state index in [1.54, 1.807) is 30.5 Å². The number of hydrogen-bond acceptors (Lipinski definition) is 3. The fourth-order valence-corrected chi connectivity index (χ4v) is 1.76.